The average Bonchev–Trinajstić information content (AvgIpc) is 3.32. The normalized spacial score (nSPS) is 11.2. The van der Waals surface area contributed by atoms with Gasteiger partial charge < -0.3 is 4.57 Å². The van der Waals surface area contributed by atoms with Crippen molar-refractivity contribution in [1.82, 2.24) is 4.57 Å². The molecule has 0 aliphatic heterocycles. The Morgan fingerprint density at radius 2 is 0.784 bits per heavy atom. The highest BCUT2D eigenvalue weighted by molar-refractivity contribution is 6.10. The van der Waals surface area contributed by atoms with Crippen molar-refractivity contribution in [3.05, 3.63) is 152 Å². The molecule has 0 radical (unpaired) electrons. The summed E-state index contributed by atoms with van der Waals surface area (Å²) < 4.78 is 2.36. The molecule has 0 N–H and O–H groups in total. The van der Waals surface area contributed by atoms with E-state index in [1.165, 1.54) is 60.9 Å². The number of benzene rings is 6. The fraction of sp³-hybridized carbons (Fsp3) is 0. The number of nitrogens with zero attached hydrogens (tertiary/aromatic N) is 1. The lowest BCUT2D eigenvalue weighted by Crippen LogP contribution is -1.92. The molecule has 174 valence electrons. The van der Waals surface area contributed by atoms with Gasteiger partial charge in [-0.3, -0.25) is 0 Å². The van der Waals surface area contributed by atoms with Crippen LogP contribution in [-0.4, -0.2) is 4.57 Å². The Morgan fingerprint density at radius 3 is 1.46 bits per heavy atom. The highest BCUT2D eigenvalue weighted by Gasteiger charge is 2.13. The second-order valence-electron chi connectivity index (χ2n) is 9.45. The topological polar surface area (TPSA) is 4.93 Å². The van der Waals surface area contributed by atoms with Crippen LogP contribution in [0, 0.1) is 0 Å². The maximum absolute atomic E-state index is 2.36. The Hall–Kier alpha value is -4.88. The fourth-order valence-electron chi connectivity index (χ4n) is 5.39. The van der Waals surface area contributed by atoms with Crippen molar-refractivity contribution in [1.29, 1.82) is 0 Å². The summed E-state index contributed by atoms with van der Waals surface area (Å²) in [5.74, 6) is 0. The van der Waals surface area contributed by atoms with E-state index in [0.29, 0.717) is 0 Å². The molecule has 0 spiro atoms. The molecule has 7 rings (SSSR count). The molecule has 0 fully saturated rings. The lowest BCUT2D eigenvalue weighted by atomic mass is 9.96. The van der Waals surface area contributed by atoms with Crippen molar-refractivity contribution in [3.63, 3.8) is 0 Å². The van der Waals surface area contributed by atoms with Crippen molar-refractivity contribution >= 4 is 21.8 Å². The number of hydrogen-bond acceptors (Lipinski definition) is 0. The third-order valence-electron chi connectivity index (χ3n) is 7.19. The van der Waals surface area contributed by atoms with Gasteiger partial charge in [-0.1, -0.05) is 109 Å². The van der Waals surface area contributed by atoms with E-state index in [4.69, 9.17) is 0 Å². The minimum atomic E-state index is 1.18. The van der Waals surface area contributed by atoms with Crippen LogP contribution in [0.4, 0.5) is 0 Å². The summed E-state index contributed by atoms with van der Waals surface area (Å²) in [5.41, 5.74) is 11.0. The molecule has 37 heavy (non-hydrogen) atoms. The van der Waals surface area contributed by atoms with Crippen LogP contribution in [0.15, 0.2) is 152 Å². The van der Waals surface area contributed by atoms with Gasteiger partial charge in [0, 0.05) is 16.5 Å². The summed E-state index contributed by atoms with van der Waals surface area (Å²) in [7, 11) is 0. The first-order valence-electron chi connectivity index (χ1n) is 12.7. The molecule has 0 atom stereocenters. The van der Waals surface area contributed by atoms with Gasteiger partial charge in [-0.25, -0.2) is 0 Å². The smallest absolute Gasteiger partial charge is 0.0541 e. The molecule has 0 saturated heterocycles. The second kappa shape index (κ2) is 8.96. The lowest BCUT2D eigenvalue weighted by Gasteiger charge is -2.10. The Bertz CT molecular complexity index is 1860. The zero-order chi connectivity index (χ0) is 24.6. The van der Waals surface area contributed by atoms with Gasteiger partial charge in [0.15, 0.2) is 0 Å². The molecular weight excluding hydrogens is 446 g/mol. The maximum Gasteiger partial charge on any atom is 0.0541 e. The predicted molar refractivity (Wildman–Crippen MR) is 157 cm³/mol. The minimum absolute atomic E-state index is 1.18. The van der Waals surface area contributed by atoms with Crippen LogP contribution in [0.2, 0.25) is 0 Å². The van der Waals surface area contributed by atoms with E-state index in [9.17, 15) is 0 Å². The maximum atomic E-state index is 2.36. The van der Waals surface area contributed by atoms with E-state index in [0.717, 1.165) is 0 Å². The standard InChI is InChI=1S/C36H25N/c1-3-11-26(12-4-1)27-13-9-14-28(23-27)29-15-10-16-30(24-29)31-21-22-36-34(25-31)33-19-7-8-20-35(33)37(36)32-17-5-2-6-18-32/h1-25H. The molecule has 0 aliphatic carbocycles. The number of para-hydroxylation sites is 2. The average molecular weight is 472 g/mol. The summed E-state index contributed by atoms with van der Waals surface area (Å²) in [5, 5.41) is 2.54. The summed E-state index contributed by atoms with van der Waals surface area (Å²) in [6.07, 6.45) is 0. The van der Waals surface area contributed by atoms with Crippen molar-refractivity contribution in [3.8, 4) is 39.1 Å². The Kier molecular flexibility index (Phi) is 5.19. The largest absolute Gasteiger partial charge is 0.309 e. The van der Waals surface area contributed by atoms with Gasteiger partial charge in [0.2, 0.25) is 0 Å². The Labute approximate surface area is 216 Å². The van der Waals surface area contributed by atoms with Gasteiger partial charge in [-0.15, -0.1) is 0 Å². The number of aromatic nitrogens is 1. The second-order valence-corrected chi connectivity index (χ2v) is 9.45. The molecular formula is C36H25N. The zero-order valence-corrected chi connectivity index (χ0v) is 20.4. The monoisotopic (exact) mass is 471 g/mol. The number of fused-ring (bicyclic) bond motifs is 3. The van der Waals surface area contributed by atoms with Gasteiger partial charge in [-0.2, -0.15) is 0 Å². The van der Waals surface area contributed by atoms with Crippen LogP contribution >= 0.6 is 0 Å². The number of rotatable bonds is 4. The van der Waals surface area contributed by atoms with Gasteiger partial charge in [0.05, 0.1) is 11.0 Å². The molecule has 1 heteroatoms. The molecule has 1 heterocycles. The molecule has 6 aromatic carbocycles. The van der Waals surface area contributed by atoms with E-state index >= 15 is 0 Å². The van der Waals surface area contributed by atoms with E-state index in [-0.39, 0.29) is 0 Å². The van der Waals surface area contributed by atoms with Gasteiger partial charge in [0.25, 0.3) is 0 Å². The zero-order valence-electron chi connectivity index (χ0n) is 20.4. The van der Waals surface area contributed by atoms with Gasteiger partial charge in [0.1, 0.15) is 0 Å². The van der Waals surface area contributed by atoms with Crippen LogP contribution in [0.5, 0.6) is 0 Å². The van der Waals surface area contributed by atoms with Crippen molar-refractivity contribution < 1.29 is 0 Å². The first-order chi connectivity index (χ1) is 18.3. The molecule has 0 saturated carbocycles. The highest BCUT2D eigenvalue weighted by atomic mass is 15.0. The molecule has 7 aromatic rings. The predicted octanol–water partition coefficient (Wildman–Crippen LogP) is 9.78. The van der Waals surface area contributed by atoms with Crippen LogP contribution in [-0.2, 0) is 0 Å². The van der Waals surface area contributed by atoms with E-state index in [1.54, 1.807) is 0 Å². The Balaban J connectivity index is 1.34. The third-order valence-corrected chi connectivity index (χ3v) is 7.19. The quantitative estimate of drug-likeness (QED) is 0.241. The first kappa shape index (κ1) is 21.4. The molecule has 0 aliphatic rings. The summed E-state index contributed by atoms with van der Waals surface area (Å²) in [4.78, 5) is 0. The molecule has 0 bridgehead atoms. The van der Waals surface area contributed by atoms with Crippen molar-refractivity contribution in [2.45, 2.75) is 0 Å². The van der Waals surface area contributed by atoms with Gasteiger partial charge in [-0.05, 0) is 75.8 Å². The van der Waals surface area contributed by atoms with Crippen molar-refractivity contribution in [2.75, 3.05) is 0 Å². The fourth-order valence-corrected chi connectivity index (χ4v) is 5.39. The molecule has 0 unspecified atom stereocenters. The summed E-state index contributed by atoms with van der Waals surface area (Å²) in [6, 6.07) is 54.4. The SMILES string of the molecule is c1ccc(-c2cccc(-c3cccc(-c4ccc5c(c4)c4ccccc4n5-c4ccccc4)c3)c2)cc1. The molecule has 1 aromatic heterocycles. The third kappa shape index (κ3) is 3.82. The molecule has 1 nitrogen and oxygen atoms in total. The Morgan fingerprint density at radius 1 is 0.297 bits per heavy atom. The van der Waals surface area contributed by atoms with Crippen LogP contribution in [0.25, 0.3) is 60.9 Å². The van der Waals surface area contributed by atoms with Crippen LogP contribution < -0.4 is 0 Å². The summed E-state index contributed by atoms with van der Waals surface area (Å²) in [6.45, 7) is 0. The summed E-state index contributed by atoms with van der Waals surface area (Å²) >= 11 is 0. The number of hydrogen-bond donors (Lipinski definition) is 0. The van der Waals surface area contributed by atoms with E-state index < -0.39 is 0 Å². The minimum Gasteiger partial charge on any atom is -0.309 e. The first-order valence-corrected chi connectivity index (χ1v) is 12.7. The van der Waals surface area contributed by atoms with Gasteiger partial charge >= 0.3 is 0 Å². The van der Waals surface area contributed by atoms with E-state index in [2.05, 4.69) is 156 Å². The van der Waals surface area contributed by atoms with Crippen LogP contribution in [0.1, 0.15) is 0 Å². The van der Waals surface area contributed by atoms with Crippen molar-refractivity contribution in [2.24, 2.45) is 0 Å². The molecule has 0 amide bonds. The van der Waals surface area contributed by atoms with Crippen LogP contribution in [0.3, 0.4) is 0 Å². The highest BCUT2D eigenvalue weighted by Crippen LogP contribution is 2.36. The lowest BCUT2D eigenvalue weighted by molar-refractivity contribution is 1.18. The van der Waals surface area contributed by atoms with E-state index in [1.807, 2.05) is 0 Å².